The molecule has 0 aliphatic rings. The van der Waals surface area contributed by atoms with E-state index in [0.717, 1.165) is 57.6 Å². The third-order valence-corrected chi connectivity index (χ3v) is 6.48. The Labute approximate surface area is 205 Å². The molecule has 0 spiro atoms. The number of nitrogens with one attached hydrogen (secondary N) is 1. The van der Waals surface area contributed by atoms with E-state index in [1.807, 2.05) is 72.4 Å². The monoisotopic (exact) mass is 460 g/mol. The summed E-state index contributed by atoms with van der Waals surface area (Å²) >= 11 is 0. The fraction of sp³-hybridized carbons (Fsp3) is 0.167. The molecule has 1 N–H and O–H groups in total. The van der Waals surface area contributed by atoms with Gasteiger partial charge in [0.25, 0.3) is 5.91 Å². The third-order valence-electron chi connectivity index (χ3n) is 6.48. The first kappa shape index (κ1) is 22.5. The van der Waals surface area contributed by atoms with Gasteiger partial charge in [0.15, 0.2) is 0 Å². The standard InChI is InChI=1S/C30H28N4O/c1-4-21-14-16-23(17-15-21)34-20(3)26(19-31-34)29-18-25(24-11-7-9-13-28(24)32-29)30(35)33-27-12-8-6-10-22(27)5-2/h6-19H,4-5H2,1-3H3,(H,33,35). The van der Waals surface area contributed by atoms with Crippen LogP contribution in [0.5, 0.6) is 0 Å². The van der Waals surface area contributed by atoms with Gasteiger partial charge in [-0.15, -0.1) is 0 Å². The van der Waals surface area contributed by atoms with Crippen molar-refractivity contribution in [2.24, 2.45) is 0 Å². The molecule has 5 nitrogen and oxygen atoms in total. The molecular weight excluding hydrogens is 432 g/mol. The summed E-state index contributed by atoms with van der Waals surface area (Å²) in [6, 6.07) is 26.0. The van der Waals surface area contributed by atoms with Crippen molar-refractivity contribution in [3.8, 4) is 16.9 Å². The molecule has 0 fully saturated rings. The Balaban J connectivity index is 1.57. The van der Waals surface area contributed by atoms with Crippen molar-refractivity contribution in [3.05, 3.63) is 107 Å². The lowest BCUT2D eigenvalue weighted by Gasteiger charge is -2.13. The van der Waals surface area contributed by atoms with Gasteiger partial charge in [-0.2, -0.15) is 5.10 Å². The second-order valence-corrected chi connectivity index (χ2v) is 8.61. The summed E-state index contributed by atoms with van der Waals surface area (Å²) in [5.41, 5.74) is 8.20. The van der Waals surface area contributed by atoms with Crippen molar-refractivity contribution in [2.45, 2.75) is 33.6 Å². The lowest BCUT2D eigenvalue weighted by atomic mass is 10.0. The molecule has 0 radical (unpaired) electrons. The predicted octanol–water partition coefficient (Wildman–Crippen LogP) is 6.77. The van der Waals surface area contributed by atoms with Crippen molar-refractivity contribution >= 4 is 22.5 Å². The highest BCUT2D eigenvalue weighted by atomic mass is 16.1. The van der Waals surface area contributed by atoms with Crippen LogP contribution in [0.3, 0.4) is 0 Å². The number of hydrogen-bond acceptors (Lipinski definition) is 3. The number of hydrogen-bond donors (Lipinski definition) is 1. The first-order valence-corrected chi connectivity index (χ1v) is 12.0. The van der Waals surface area contributed by atoms with Crippen LogP contribution < -0.4 is 5.32 Å². The lowest BCUT2D eigenvalue weighted by Crippen LogP contribution is -2.14. The Morgan fingerprint density at radius 2 is 1.66 bits per heavy atom. The molecule has 2 heterocycles. The lowest BCUT2D eigenvalue weighted by molar-refractivity contribution is 0.102. The Hall–Kier alpha value is -4.25. The van der Waals surface area contributed by atoms with Crippen LogP contribution >= 0.6 is 0 Å². The zero-order valence-electron chi connectivity index (χ0n) is 20.2. The van der Waals surface area contributed by atoms with Crippen LogP contribution in [0.2, 0.25) is 0 Å². The molecule has 0 aliphatic heterocycles. The highest BCUT2D eigenvalue weighted by Crippen LogP contribution is 2.29. The van der Waals surface area contributed by atoms with Gasteiger partial charge >= 0.3 is 0 Å². The fourth-order valence-corrected chi connectivity index (χ4v) is 4.44. The number of aryl methyl sites for hydroxylation is 2. The zero-order valence-corrected chi connectivity index (χ0v) is 20.2. The zero-order chi connectivity index (χ0) is 24.4. The van der Waals surface area contributed by atoms with E-state index in [9.17, 15) is 4.79 Å². The van der Waals surface area contributed by atoms with E-state index in [1.165, 1.54) is 5.56 Å². The smallest absolute Gasteiger partial charge is 0.256 e. The molecular formula is C30H28N4O. The summed E-state index contributed by atoms with van der Waals surface area (Å²) in [6.07, 6.45) is 3.67. The van der Waals surface area contributed by atoms with Gasteiger partial charge in [-0.25, -0.2) is 9.67 Å². The van der Waals surface area contributed by atoms with E-state index >= 15 is 0 Å². The van der Waals surface area contributed by atoms with E-state index in [-0.39, 0.29) is 5.91 Å². The number of fused-ring (bicyclic) bond motifs is 1. The third kappa shape index (κ3) is 4.33. The topological polar surface area (TPSA) is 59.8 Å². The molecule has 5 heteroatoms. The van der Waals surface area contributed by atoms with E-state index < -0.39 is 0 Å². The molecule has 5 aromatic rings. The van der Waals surface area contributed by atoms with Crippen molar-refractivity contribution in [2.75, 3.05) is 5.32 Å². The first-order valence-electron chi connectivity index (χ1n) is 12.0. The molecule has 35 heavy (non-hydrogen) atoms. The minimum absolute atomic E-state index is 0.147. The average molecular weight is 461 g/mol. The fourth-order valence-electron chi connectivity index (χ4n) is 4.44. The van der Waals surface area contributed by atoms with Crippen LogP contribution in [-0.2, 0) is 12.8 Å². The van der Waals surface area contributed by atoms with Crippen LogP contribution in [-0.4, -0.2) is 20.7 Å². The maximum absolute atomic E-state index is 13.5. The van der Waals surface area contributed by atoms with E-state index in [4.69, 9.17) is 4.98 Å². The van der Waals surface area contributed by atoms with Gasteiger partial charge in [0.2, 0.25) is 0 Å². The number of carbonyl (C=O) groups is 1. The molecule has 0 aliphatic carbocycles. The van der Waals surface area contributed by atoms with E-state index in [0.29, 0.717) is 5.56 Å². The van der Waals surface area contributed by atoms with Gasteiger partial charge in [0.05, 0.1) is 34.4 Å². The molecule has 5 rings (SSSR count). The summed E-state index contributed by atoms with van der Waals surface area (Å²) in [7, 11) is 0. The maximum atomic E-state index is 13.5. The Morgan fingerprint density at radius 3 is 2.43 bits per heavy atom. The predicted molar refractivity (Wildman–Crippen MR) is 142 cm³/mol. The van der Waals surface area contributed by atoms with Crippen LogP contribution in [0.25, 0.3) is 27.8 Å². The quantitative estimate of drug-likeness (QED) is 0.304. The van der Waals surface area contributed by atoms with Gasteiger partial charge in [-0.1, -0.05) is 62.4 Å². The number of benzene rings is 3. The van der Waals surface area contributed by atoms with Gasteiger partial charge in [-0.3, -0.25) is 4.79 Å². The molecule has 1 amide bonds. The highest BCUT2D eigenvalue weighted by molar-refractivity contribution is 6.13. The molecule has 3 aromatic carbocycles. The minimum Gasteiger partial charge on any atom is -0.322 e. The Bertz CT molecular complexity index is 1520. The SMILES string of the molecule is CCc1ccc(-n2ncc(-c3cc(C(=O)Nc4ccccc4CC)c4ccccc4n3)c2C)cc1. The molecule has 0 saturated heterocycles. The van der Waals surface area contributed by atoms with E-state index in [2.05, 4.69) is 48.5 Å². The first-order chi connectivity index (χ1) is 17.1. The minimum atomic E-state index is -0.147. The largest absolute Gasteiger partial charge is 0.322 e. The van der Waals surface area contributed by atoms with Crippen molar-refractivity contribution in [1.29, 1.82) is 0 Å². The molecule has 0 unspecified atom stereocenters. The van der Waals surface area contributed by atoms with Crippen molar-refractivity contribution < 1.29 is 4.79 Å². The molecule has 2 aromatic heterocycles. The van der Waals surface area contributed by atoms with Gasteiger partial charge < -0.3 is 5.32 Å². The molecule has 0 bridgehead atoms. The van der Waals surface area contributed by atoms with Crippen molar-refractivity contribution in [1.82, 2.24) is 14.8 Å². The van der Waals surface area contributed by atoms with Gasteiger partial charge in [0.1, 0.15) is 0 Å². The summed E-state index contributed by atoms with van der Waals surface area (Å²) in [5.74, 6) is -0.147. The van der Waals surface area contributed by atoms with Crippen LogP contribution in [0.4, 0.5) is 5.69 Å². The summed E-state index contributed by atoms with van der Waals surface area (Å²) in [5, 5.41) is 8.58. The number of anilines is 1. The normalized spacial score (nSPS) is 11.1. The van der Waals surface area contributed by atoms with Gasteiger partial charge in [-0.05, 0) is 61.2 Å². The Kier molecular flexibility index (Phi) is 6.15. The van der Waals surface area contributed by atoms with Gasteiger partial charge in [0, 0.05) is 16.6 Å². The molecule has 0 saturated carbocycles. The van der Waals surface area contributed by atoms with Crippen molar-refractivity contribution in [3.63, 3.8) is 0 Å². The Morgan fingerprint density at radius 1 is 0.914 bits per heavy atom. The highest BCUT2D eigenvalue weighted by Gasteiger charge is 2.18. The summed E-state index contributed by atoms with van der Waals surface area (Å²) in [4.78, 5) is 18.4. The van der Waals surface area contributed by atoms with E-state index in [1.54, 1.807) is 0 Å². The second-order valence-electron chi connectivity index (χ2n) is 8.61. The number of amides is 1. The number of rotatable bonds is 6. The summed E-state index contributed by atoms with van der Waals surface area (Å²) in [6.45, 7) is 6.26. The average Bonchev–Trinajstić information content (AvgIpc) is 3.29. The molecule has 0 atom stereocenters. The number of pyridine rings is 1. The summed E-state index contributed by atoms with van der Waals surface area (Å²) < 4.78 is 1.92. The van der Waals surface area contributed by atoms with Crippen LogP contribution in [0.15, 0.2) is 85.1 Å². The second kappa shape index (κ2) is 9.55. The number of aromatic nitrogens is 3. The van der Waals surface area contributed by atoms with Crippen LogP contribution in [0, 0.1) is 6.92 Å². The molecule has 174 valence electrons. The maximum Gasteiger partial charge on any atom is 0.256 e. The number of nitrogens with zero attached hydrogens (tertiary/aromatic N) is 3. The van der Waals surface area contributed by atoms with Crippen LogP contribution in [0.1, 0.15) is 41.0 Å². The number of carbonyl (C=O) groups excluding carboxylic acids is 1. The number of para-hydroxylation sites is 2.